The molecule has 0 aliphatic heterocycles. The fourth-order valence-electron chi connectivity index (χ4n) is 2.21. The van der Waals surface area contributed by atoms with Gasteiger partial charge in [0.05, 0.1) is 18.0 Å². The van der Waals surface area contributed by atoms with Gasteiger partial charge < -0.3 is 21.7 Å². The van der Waals surface area contributed by atoms with E-state index in [1.54, 1.807) is 11.7 Å². The highest BCUT2D eigenvalue weighted by atomic mass is 79.9. The Morgan fingerprint density at radius 2 is 2.00 bits per heavy atom. The number of aromatic nitrogens is 4. The summed E-state index contributed by atoms with van der Waals surface area (Å²) >= 11 is 3.38. The highest BCUT2D eigenvalue weighted by molar-refractivity contribution is 9.10. The van der Waals surface area contributed by atoms with Gasteiger partial charge in [-0.3, -0.25) is 9.59 Å². The molecule has 2 rings (SSSR count). The Kier molecular flexibility index (Phi) is 6.86. The van der Waals surface area contributed by atoms with Crippen LogP contribution in [0.4, 0.5) is 5.82 Å². The number of carbonyl (C=O) groups excluding carboxylic acids is 2. The topological polar surface area (TPSA) is 140 Å². The number of rotatable bonds is 8. The van der Waals surface area contributed by atoms with Gasteiger partial charge in [0, 0.05) is 20.1 Å². The average molecular weight is 427 g/mol. The van der Waals surface area contributed by atoms with Crippen LogP contribution in [-0.4, -0.2) is 57.2 Å². The van der Waals surface area contributed by atoms with Crippen molar-refractivity contribution in [2.45, 2.75) is 19.9 Å². The van der Waals surface area contributed by atoms with E-state index in [1.807, 2.05) is 13.8 Å². The average Bonchev–Trinajstić information content (AvgIpc) is 2.90. The van der Waals surface area contributed by atoms with Gasteiger partial charge in [0.25, 0.3) is 0 Å². The van der Waals surface area contributed by atoms with E-state index in [2.05, 4.69) is 46.9 Å². The standard InChI is InChI=1S/C15H23BrN8O2/c1-8(2)11(17)15(26)20-6-9(25)18-4-5-19-13-10-12(16)23-24(3)14(10)22-7-21-13/h7-8,11H,4-6,17H2,1-3H3,(H,18,25)(H,20,26)(H,19,21,22)/t11-/m0/s1. The first kappa shape index (κ1) is 20.0. The first-order valence-corrected chi connectivity index (χ1v) is 8.97. The van der Waals surface area contributed by atoms with Crippen LogP contribution in [0, 0.1) is 5.92 Å². The molecule has 0 aliphatic carbocycles. The third-order valence-electron chi connectivity index (χ3n) is 3.76. The molecule has 0 aliphatic rings. The predicted molar refractivity (Wildman–Crippen MR) is 101 cm³/mol. The number of fused-ring (bicyclic) bond motifs is 1. The van der Waals surface area contributed by atoms with Gasteiger partial charge in [0.1, 0.15) is 16.7 Å². The lowest BCUT2D eigenvalue weighted by Gasteiger charge is -2.15. The van der Waals surface area contributed by atoms with Crippen LogP contribution in [0.25, 0.3) is 11.0 Å². The molecule has 0 unspecified atom stereocenters. The second-order valence-electron chi connectivity index (χ2n) is 6.10. The summed E-state index contributed by atoms with van der Waals surface area (Å²) in [7, 11) is 1.80. The van der Waals surface area contributed by atoms with Crippen molar-refractivity contribution >= 4 is 44.6 Å². The summed E-state index contributed by atoms with van der Waals surface area (Å²) in [5, 5.41) is 13.4. The Morgan fingerprint density at radius 1 is 1.27 bits per heavy atom. The first-order chi connectivity index (χ1) is 12.3. The number of halogens is 1. The van der Waals surface area contributed by atoms with Crippen molar-refractivity contribution in [2.24, 2.45) is 18.7 Å². The molecule has 5 N–H and O–H groups in total. The summed E-state index contributed by atoms with van der Waals surface area (Å²) in [4.78, 5) is 31.9. The van der Waals surface area contributed by atoms with Crippen molar-refractivity contribution in [3.63, 3.8) is 0 Å². The van der Waals surface area contributed by atoms with Gasteiger partial charge >= 0.3 is 0 Å². The van der Waals surface area contributed by atoms with Gasteiger partial charge in [0.15, 0.2) is 5.65 Å². The molecule has 142 valence electrons. The molecule has 2 amide bonds. The highest BCUT2D eigenvalue weighted by Crippen LogP contribution is 2.26. The lowest BCUT2D eigenvalue weighted by molar-refractivity contribution is -0.127. The number of nitrogens with two attached hydrogens (primary N) is 1. The molecular formula is C15H23BrN8O2. The third kappa shape index (κ3) is 4.88. The number of hydrogen-bond donors (Lipinski definition) is 4. The third-order valence-corrected chi connectivity index (χ3v) is 4.32. The Bertz CT molecular complexity index is 791. The lowest BCUT2D eigenvalue weighted by atomic mass is 10.1. The van der Waals surface area contributed by atoms with Crippen LogP contribution in [0.2, 0.25) is 0 Å². The summed E-state index contributed by atoms with van der Waals surface area (Å²) < 4.78 is 2.30. The van der Waals surface area contributed by atoms with Crippen LogP contribution in [0.5, 0.6) is 0 Å². The van der Waals surface area contributed by atoms with E-state index in [0.717, 1.165) is 5.39 Å². The molecule has 2 heterocycles. The van der Waals surface area contributed by atoms with Gasteiger partial charge in [-0.15, -0.1) is 0 Å². The molecule has 26 heavy (non-hydrogen) atoms. The quantitative estimate of drug-likeness (QED) is 0.426. The smallest absolute Gasteiger partial charge is 0.239 e. The monoisotopic (exact) mass is 426 g/mol. The number of anilines is 1. The molecule has 0 saturated heterocycles. The summed E-state index contributed by atoms with van der Waals surface area (Å²) in [6.45, 7) is 4.42. The molecule has 1 atom stereocenters. The molecule has 0 spiro atoms. The van der Waals surface area contributed by atoms with Crippen molar-refractivity contribution in [2.75, 3.05) is 25.0 Å². The molecule has 0 saturated carbocycles. The number of aryl methyl sites for hydroxylation is 1. The predicted octanol–water partition coefficient (Wildman–Crippen LogP) is -0.247. The molecule has 11 heteroatoms. The first-order valence-electron chi connectivity index (χ1n) is 8.18. The molecule has 0 bridgehead atoms. The molecule has 2 aromatic heterocycles. The van der Waals surface area contributed by atoms with Gasteiger partial charge in [-0.1, -0.05) is 13.8 Å². The molecule has 0 aromatic carbocycles. The number of nitrogens with zero attached hydrogens (tertiary/aromatic N) is 4. The molecule has 0 radical (unpaired) electrons. The molecule has 10 nitrogen and oxygen atoms in total. The maximum absolute atomic E-state index is 11.8. The van der Waals surface area contributed by atoms with Crippen LogP contribution in [-0.2, 0) is 16.6 Å². The van der Waals surface area contributed by atoms with Gasteiger partial charge in [-0.2, -0.15) is 5.10 Å². The minimum Gasteiger partial charge on any atom is -0.368 e. The van der Waals surface area contributed by atoms with E-state index in [9.17, 15) is 9.59 Å². The Morgan fingerprint density at radius 3 is 2.69 bits per heavy atom. The second kappa shape index (κ2) is 8.90. The normalized spacial score (nSPS) is 12.2. The summed E-state index contributed by atoms with van der Waals surface area (Å²) in [6, 6.07) is -0.623. The minimum atomic E-state index is -0.623. The fraction of sp³-hybridized carbons (Fsp3) is 0.533. The lowest BCUT2D eigenvalue weighted by Crippen LogP contribution is -2.47. The summed E-state index contributed by atoms with van der Waals surface area (Å²) in [5.74, 6) is 0.0174. The molecular weight excluding hydrogens is 404 g/mol. The van der Waals surface area contributed by atoms with E-state index >= 15 is 0 Å². The number of hydrogen-bond acceptors (Lipinski definition) is 7. The number of nitrogens with one attached hydrogen (secondary N) is 3. The van der Waals surface area contributed by atoms with Crippen molar-refractivity contribution < 1.29 is 9.59 Å². The van der Waals surface area contributed by atoms with E-state index in [0.29, 0.717) is 29.2 Å². The van der Waals surface area contributed by atoms with Gasteiger partial charge in [0.2, 0.25) is 11.8 Å². The summed E-state index contributed by atoms with van der Waals surface area (Å²) in [5.41, 5.74) is 6.41. The zero-order chi connectivity index (χ0) is 19.3. The number of amides is 2. The van der Waals surface area contributed by atoms with Crippen molar-refractivity contribution in [1.82, 2.24) is 30.4 Å². The maximum Gasteiger partial charge on any atom is 0.239 e. The van der Waals surface area contributed by atoms with E-state index in [1.165, 1.54) is 6.33 Å². The molecule has 0 fully saturated rings. The van der Waals surface area contributed by atoms with Crippen molar-refractivity contribution in [1.29, 1.82) is 0 Å². The zero-order valence-electron chi connectivity index (χ0n) is 14.9. The molecule has 2 aromatic rings. The van der Waals surface area contributed by atoms with E-state index in [-0.39, 0.29) is 24.3 Å². The van der Waals surface area contributed by atoms with Crippen molar-refractivity contribution in [3.8, 4) is 0 Å². The Balaban J connectivity index is 1.77. The van der Waals surface area contributed by atoms with Crippen LogP contribution in [0.15, 0.2) is 10.9 Å². The summed E-state index contributed by atoms with van der Waals surface area (Å²) in [6.07, 6.45) is 1.45. The van der Waals surface area contributed by atoms with Crippen LogP contribution < -0.4 is 21.7 Å². The van der Waals surface area contributed by atoms with Gasteiger partial charge in [-0.05, 0) is 21.8 Å². The van der Waals surface area contributed by atoms with Crippen molar-refractivity contribution in [3.05, 3.63) is 10.9 Å². The SMILES string of the molecule is CC(C)[C@H](N)C(=O)NCC(=O)NCCNc1ncnc2c1c(Br)nn2C. The Hall–Kier alpha value is -2.27. The van der Waals surface area contributed by atoms with Crippen LogP contribution in [0.1, 0.15) is 13.8 Å². The largest absolute Gasteiger partial charge is 0.368 e. The van der Waals surface area contributed by atoms with E-state index in [4.69, 9.17) is 5.73 Å². The zero-order valence-corrected chi connectivity index (χ0v) is 16.5. The second-order valence-corrected chi connectivity index (χ2v) is 6.85. The number of carbonyl (C=O) groups is 2. The minimum absolute atomic E-state index is 0.0127. The van der Waals surface area contributed by atoms with Gasteiger partial charge in [-0.25, -0.2) is 14.6 Å². The van der Waals surface area contributed by atoms with Crippen LogP contribution >= 0.6 is 15.9 Å². The fourth-order valence-corrected chi connectivity index (χ4v) is 2.81. The van der Waals surface area contributed by atoms with Crippen LogP contribution in [0.3, 0.4) is 0 Å². The highest BCUT2D eigenvalue weighted by Gasteiger charge is 2.17. The Labute approximate surface area is 159 Å². The van der Waals surface area contributed by atoms with E-state index < -0.39 is 6.04 Å². The maximum atomic E-state index is 11.8.